The van der Waals surface area contributed by atoms with Gasteiger partial charge in [-0.2, -0.15) is 0 Å². The molecule has 6 atom stereocenters. The Hall–Kier alpha value is -2.09. The second kappa shape index (κ2) is 8.73. The summed E-state index contributed by atoms with van der Waals surface area (Å²) in [6.07, 6.45) is -6.91. The Balaban J connectivity index is 1.73. The molecule has 3 N–H and O–H groups in total. The Morgan fingerprint density at radius 2 is 1.63 bits per heavy atom. The zero-order chi connectivity index (χ0) is 19.4. The maximum Gasteiger partial charge on any atom is 0.194 e. The summed E-state index contributed by atoms with van der Waals surface area (Å²) in [6, 6.07) is 17.7. The van der Waals surface area contributed by atoms with Gasteiger partial charge in [0.1, 0.15) is 30.5 Å². The topological polar surface area (TPSA) is 96.2 Å². The fourth-order valence-electron chi connectivity index (χ4n) is 3.21. The van der Waals surface area contributed by atoms with E-state index in [1.54, 1.807) is 37.3 Å². The molecule has 1 heterocycles. The highest BCUT2D eigenvalue weighted by atomic mass is 16.6. The van der Waals surface area contributed by atoms with Crippen molar-refractivity contribution in [1.82, 2.24) is 0 Å². The minimum Gasteiger partial charge on any atom is -0.388 e. The molecule has 0 aliphatic carbocycles. The molecule has 6 nitrogen and oxygen atoms in total. The Kier molecular flexibility index (Phi) is 6.36. The molecule has 0 bridgehead atoms. The van der Waals surface area contributed by atoms with Gasteiger partial charge in [0.15, 0.2) is 5.78 Å². The van der Waals surface area contributed by atoms with Crippen LogP contribution in [-0.2, 0) is 16.1 Å². The molecule has 2 aromatic rings. The molecule has 0 radical (unpaired) electrons. The van der Waals surface area contributed by atoms with Crippen LogP contribution in [0.15, 0.2) is 60.7 Å². The quantitative estimate of drug-likeness (QED) is 0.662. The first kappa shape index (κ1) is 19.7. The summed E-state index contributed by atoms with van der Waals surface area (Å²) in [5.74, 6) is -0.551. The van der Waals surface area contributed by atoms with Crippen molar-refractivity contribution in [2.45, 2.75) is 50.2 Å². The van der Waals surface area contributed by atoms with Crippen molar-refractivity contribution in [1.29, 1.82) is 0 Å². The fourth-order valence-corrected chi connectivity index (χ4v) is 3.21. The average molecular weight is 372 g/mol. The van der Waals surface area contributed by atoms with Crippen LogP contribution in [0, 0.1) is 0 Å². The van der Waals surface area contributed by atoms with E-state index in [0.29, 0.717) is 5.56 Å². The first-order valence-electron chi connectivity index (χ1n) is 8.93. The van der Waals surface area contributed by atoms with Gasteiger partial charge in [-0.1, -0.05) is 60.7 Å². The van der Waals surface area contributed by atoms with Gasteiger partial charge in [0, 0.05) is 5.56 Å². The van der Waals surface area contributed by atoms with Crippen molar-refractivity contribution >= 4 is 5.78 Å². The fraction of sp³-hybridized carbons (Fsp3) is 0.381. The van der Waals surface area contributed by atoms with E-state index in [1.165, 1.54) is 0 Å². The highest BCUT2D eigenvalue weighted by Gasteiger charge is 2.47. The maximum atomic E-state index is 12.5. The van der Waals surface area contributed by atoms with Gasteiger partial charge >= 0.3 is 0 Å². The van der Waals surface area contributed by atoms with Crippen molar-refractivity contribution < 1.29 is 29.6 Å². The largest absolute Gasteiger partial charge is 0.388 e. The Bertz CT molecular complexity index is 735. The summed E-state index contributed by atoms with van der Waals surface area (Å²) in [4.78, 5) is 12.5. The third-order valence-corrected chi connectivity index (χ3v) is 4.79. The predicted octanol–water partition coefficient (Wildman–Crippen LogP) is 1.32. The van der Waals surface area contributed by atoms with Gasteiger partial charge in [-0.25, -0.2) is 0 Å². The number of carbonyl (C=O) groups is 1. The molecule has 1 aliphatic heterocycles. The predicted molar refractivity (Wildman–Crippen MR) is 98.1 cm³/mol. The van der Waals surface area contributed by atoms with Crippen LogP contribution in [0.2, 0.25) is 0 Å². The lowest BCUT2D eigenvalue weighted by atomic mass is 9.89. The third kappa shape index (κ3) is 4.43. The first-order chi connectivity index (χ1) is 13.0. The molecule has 0 aromatic heterocycles. The van der Waals surface area contributed by atoms with Gasteiger partial charge in [-0.15, -0.1) is 0 Å². The van der Waals surface area contributed by atoms with E-state index >= 15 is 0 Å². The summed E-state index contributed by atoms with van der Waals surface area (Å²) in [6.45, 7) is 1.80. The maximum absolute atomic E-state index is 12.5. The molecular weight excluding hydrogens is 348 g/mol. The number of aliphatic hydroxyl groups excluding tert-OH is 3. The first-order valence-corrected chi connectivity index (χ1v) is 8.93. The minimum absolute atomic E-state index is 0.182. The Morgan fingerprint density at radius 1 is 1.04 bits per heavy atom. The highest BCUT2D eigenvalue weighted by Crippen LogP contribution is 2.27. The van der Waals surface area contributed by atoms with E-state index in [-0.39, 0.29) is 6.61 Å². The summed E-state index contributed by atoms with van der Waals surface area (Å²) < 4.78 is 11.3. The number of benzene rings is 2. The van der Waals surface area contributed by atoms with Crippen LogP contribution in [0.25, 0.3) is 0 Å². The van der Waals surface area contributed by atoms with Crippen molar-refractivity contribution in [3.8, 4) is 0 Å². The highest BCUT2D eigenvalue weighted by molar-refractivity contribution is 5.99. The summed E-state index contributed by atoms with van der Waals surface area (Å²) in [5.41, 5.74) is 1.20. The van der Waals surface area contributed by atoms with E-state index in [9.17, 15) is 20.1 Å². The molecule has 2 aromatic carbocycles. The SMILES string of the molecule is C[C@H]1O[C@H](C(O)C(=O)c2ccccc2)[C@@H](O)[C@H](OCc2ccccc2)[C@H]1O. The van der Waals surface area contributed by atoms with Crippen LogP contribution >= 0.6 is 0 Å². The third-order valence-electron chi connectivity index (χ3n) is 4.79. The van der Waals surface area contributed by atoms with Crippen molar-refractivity contribution in [3.05, 3.63) is 71.8 Å². The number of carbonyl (C=O) groups excluding carboxylic acids is 1. The minimum atomic E-state index is -1.57. The molecule has 6 heteroatoms. The van der Waals surface area contributed by atoms with Crippen molar-refractivity contribution in [3.63, 3.8) is 0 Å². The number of hydrogen-bond acceptors (Lipinski definition) is 6. The molecule has 1 aliphatic rings. The lowest BCUT2D eigenvalue weighted by Crippen LogP contribution is -2.61. The monoisotopic (exact) mass is 372 g/mol. The van der Waals surface area contributed by atoms with Gasteiger partial charge < -0.3 is 24.8 Å². The number of ether oxygens (including phenoxy) is 2. The van der Waals surface area contributed by atoms with Crippen LogP contribution in [0.3, 0.4) is 0 Å². The molecule has 144 valence electrons. The van der Waals surface area contributed by atoms with Gasteiger partial charge in [0.05, 0.1) is 12.7 Å². The zero-order valence-corrected chi connectivity index (χ0v) is 15.0. The number of ketones is 1. The molecule has 1 fully saturated rings. The van der Waals surface area contributed by atoms with Crippen LogP contribution < -0.4 is 0 Å². The van der Waals surface area contributed by atoms with Crippen LogP contribution in [0.1, 0.15) is 22.8 Å². The van der Waals surface area contributed by atoms with Crippen LogP contribution in [-0.4, -0.2) is 57.7 Å². The number of rotatable bonds is 6. The van der Waals surface area contributed by atoms with Crippen molar-refractivity contribution in [2.75, 3.05) is 0 Å². The van der Waals surface area contributed by atoms with Crippen molar-refractivity contribution in [2.24, 2.45) is 0 Å². The number of aliphatic hydroxyl groups is 3. The molecular formula is C21H24O6. The second-order valence-electron chi connectivity index (χ2n) is 6.72. The molecule has 3 rings (SSSR count). The number of Topliss-reactive ketones (excluding diaryl/α,β-unsaturated/α-hetero) is 1. The van der Waals surface area contributed by atoms with E-state index in [4.69, 9.17) is 9.47 Å². The zero-order valence-electron chi connectivity index (χ0n) is 15.0. The lowest BCUT2D eigenvalue weighted by molar-refractivity contribution is -0.246. The molecule has 1 saturated heterocycles. The van der Waals surface area contributed by atoms with Gasteiger partial charge in [0.2, 0.25) is 0 Å². The smallest absolute Gasteiger partial charge is 0.194 e. The Morgan fingerprint density at radius 3 is 2.26 bits per heavy atom. The summed E-state index contributed by atoms with van der Waals surface area (Å²) >= 11 is 0. The van der Waals surface area contributed by atoms with E-state index in [1.807, 2.05) is 30.3 Å². The van der Waals surface area contributed by atoms with Crippen LogP contribution in [0.5, 0.6) is 0 Å². The van der Waals surface area contributed by atoms with Crippen LogP contribution in [0.4, 0.5) is 0 Å². The summed E-state index contributed by atoms with van der Waals surface area (Å²) in [7, 11) is 0. The van der Waals surface area contributed by atoms with E-state index in [0.717, 1.165) is 5.56 Å². The summed E-state index contributed by atoms with van der Waals surface area (Å²) in [5, 5.41) is 31.5. The Labute approximate surface area is 158 Å². The van der Waals surface area contributed by atoms with Gasteiger partial charge in [0.25, 0.3) is 0 Å². The van der Waals surface area contributed by atoms with Gasteiger partial charge in [-0.05, 0) is 12.5 Å². The lowest BCUT2D eigenvalue weighted by Gasteiger charge is -2.42. The van der Waals surface area contributed by atoms with E-state index in [2.05, 4.69) is 0 Å². The number of hydrogen-bond donors (Lipinski definition) is 3. The molecule has 27 heavy (non-hydrogen) atoms. The molecule has 0 spiro atoms. The molecule has 0 saturated carbocycles. The second-order valence-corrected chi connectivity index (χ2v) is 6.72. The van der Waals surface area contributed by atoms with E-state index < -0.39 is 42.4 Å². The molecule has 0 amide bonds. The standard InChI is InChI=1S/C21H24O6/c1-13-16(22)20(26-12-14-8-4-2-5-9-14)19(25)21(27-13)18(24)17(23)15-10-6-3-7-11-15/h2-11,13,16,18-22,24-25H,12H2,1H3/t13-,16+,18?,19+,20-,21-/m1/s1. The normalized spacial score (nSPS) is 29.3. The average Bonchev–Trinajstić information content (AvgIpc) is 2.71. The molecule has 1 unspecified atom stereocenters. The van der Waals surface area contributed by atoms with Gasteiger partial charge in [-0.3, -0.25) is 4.79 Å².